The lowest BCUT2D eigenvalue weighted by atomic mass is 10.2. The predicted octanol–water partition coefficient (Wildman–Crippen LogP) is -1.36. The molecule has 1 aliphatic heterocycles. The van der Waals surface area contributed by atoms with Crippen LogP contribution in [0.4, 0.5) is 0 Å². The highest BCUT2D eigenvalue weighted by Gasteiger charge is 2.36. The highest BCUT2D eigenvalue weighted by Crippen LogP contribution is 2.27. The number of rotatable bonds is 4. The van der Waals surface area contributed by atoms with Crippen molar-refractivity contribution >= 4 is 20.2 Å². The number of H-pyrrole nitrogens is 1. The summed E-state index contributed by atoms with van der Waals surface area (Å²) in [6.07, 6.45) is -1.31. The summed E-state index contributed by atoms with van der Waals surface area (Å²) in [5.41, 5.74) is -0.851. The van der Waals surface area contributed by atoms with Crippen LogP contribution in [0.3, 0.4) is 0 Å². The van der Waals surface area contributed by atoms with E-state index in [4.69, 9.17) is 9.29 Å². The molecule has 0 radical (unpaired) electrons. The van der Waals surface area contributed by atoms with Gasteiger partial charge in [0.25, 0.3) is 14.6 Å². The molecule has 0 aliphatic carbocycles. The minimum atomic E-state index is -3.81. The minimum Gasteiger partial charge on any atom is -0.390 e. The number of aromatic nitrogens is 2. The van der Waals surface area contributed by atoms with Crippen LogP contribution in [0.2, 0.25) is 0 Å². The maximum absolute atomic E-state index is 11.7. The SMILES string of the molecule is Cc1cn([C@H]2C[C@H](O)[C@@H](COS(=O)(O)=S)O2)c(=O)[nH]c1=O. The van der Waals surface area contributed by atoms with Crippen LogP contribution in [0.1, 0.15) is 18.2 Å². The van der Waals surface area contributed by atoms with Gasteiger partial charge in [-0.1, -0.05) is 0 Å². The van der Waals surface area contributed by atoms with Crippen molar-refractivity contribution in [2.24, 2.45) is 0 Å². The summed E-state index contributed by atoms with van der Waals surface area (Å²) in [4.78, 5) is 25.1. The van der Waals surface area contributed by atoms with Crippen LogP contribution in [0.5, 0.6) is 0 Å². The van der Waals surface area contributed by atoms with Gasteiger partial charge in [0.05, 0.1) is 12.7 Å². The highest BCUT2D eigenvalue weighted by molar-refractivity contribution is 8.27. The molecule has 0 spiro atoms. The molecule has 0 aromatic carbocycles. The van der Waals surface area contributed by atoms with E-state index in [0.29, 0.717) is 5.56 Å². The van der Waals surface area contributed by atoms with Crippen LogP contribution in [-0.2, 0) is 29.2 Å². The first kappa shape index (κ1) is 16.3. The van der Waals surface area contributed by atoms with Crippen molar-refractivity contribution in [2.45, 2.75) is 31.8 Å². The number of aliphatic hydroxyl groups excluding tert-OH is 1. The van der Waals surface area contributed by atoms with E-state index in [9.17, 15) is 18.9 Å². The van der Waals surface area contributed by atoms with Crippen molar-refractivity contribution in [3.05, 3.63) is 32.6 Å². The van der Waals surface area contributed by atoms with E-state index in [-0.39, 0.29) is 13.0 Å². The van der Waals surface area contributed by atoms with Crippen LogP contribution in [-0.4, -0.2) is 42.2 Å². The molecule has 1 aliphatic rings. The fourth-order valence-electron chi connectivity index (χ4n) is 1.99. The molecule has 0 saturated carbocycles. The predicted molar refractivity (Wildman–Crippen MR) is 74.7 cm³/mol. The molecule has 1 saturated heterocycles. The Morgan fingerprint density at radius 1 is 1.62 bits per heavy atom. The molecular weight excluding hydrogens is 324 g/mol. The molecule has 1 fully saturated rings. The van der Waals surface area contributed by atoms with Gasteiger partial charge in [0.1, 0.15) is 12.3 Å². The summed E-state index contributed by atoms with van der Waals surface area (Å²) in [6, 6.07) is 0. The Morgan fingerprint density at radius 3 is 2.90 bits per heavy atom. The molecule has 0 amide bonds. The zero-order valence-electron chi connectivity index (χ0n) is 10.9. The van der Waals surface area contributed by atoms with Crippen LogP contribution in [0.15, 0.2) is 15.8 Å². The van der Waals surface area contributed by atoms with E-state index >= 15 is 0 Å². The molecule has 11 heteroatoms. The van der Waals surface area contributed by atoms with Gasteiger partial charge in [0, 0.05) is 29.4 Å². The molecular formula is C10H14N2O7S2. The second-order valence-corrected chi connectivity index (χ2v) is 6.98. The number of hydrogen-bond acceptors (Lipinski definition) is 7. The lowest BCUT2D eigenvalue weighted by molar-refractivity contribution is -0.0403. The van der Waals surface area contributed by atoms with Crippen LogP contribution < -0.4 is 11.2 Å². The zero-order valence-corrected chi connectivity index (χ0v) is 12.6. The summed E-state index contributed by atoms with van der Waals surface area (Å²) < 4.78 is 30.8. The summed E-state index contributed by atoms with van der Waals surface area (Å²) in [5.74, 6) is 0. The van der Waals surface area contributed by atoms with Crippen molar-refractivity contribution in [3.63, 3.8) is 0 Å². The molecule has 1 unspecified atom stereocenters. The maximum Gasteiger partial charge on any atom is 0.330 e. The number of aliphatic hydroxyl groups is 1. The average molecular weight is 338 g/mol. The summed E-state index contributed by atoms with van der Waals surface area (Å²) in [6.45, 7) is 1.15. The van der Waals surface area contributed by atoms with Crippen LogP contribution in [0, 0.1) is 6.92 Å². The van der Waals surface area contributed by atoms with Gasteiger partial charge in [-0.3, -0.25) is 23.1 Å². The first-order chi connectivity index (χ1) is 9.67. The average Bonchev–Trinajstić information content (AvgIpc) is 2.72. The Morgan fingerprint density at radius 2 is 2.29 bits per heavy atom. The smallest absolute Gasteiger partial charge is 0.330 e. The summed E-state index contributed by atoms with van der Waals surface area (Å²) >= 11 is 4.16. The van der Waals surface area contributed by atoms with Crippen molar-refractivity contribution in [1.82, 2.24) is 9.55 Å². The molecule has 3 N–H and O–H groups in total. The monoisotopic (exact) mass is 338 g/mol. The third kappa shape index (κ3) is 3.96. The van der Waals surface area contributed by atoms with Crippen LogP contribution >= 0.6 is 0 Å². The molecule has 4 atom stereocenters. The van der Waals surface area contributed by atoms with E-state index in [1.807, 2.05) is 0 Å². The molecule has 9 nitrogen and oxygen atoms in total. The van der Waals surface area contributed by atoms with E-state index in [0.717, 1.165) is 4.57 Å². The van der Waals surface area contributed by atoms with Gasteiger partial charge in [-0.25, -0.2) is 4.79 Å². The molecule has 2 rings (SSSR count). The van der Waals surface area contributed by atoms with Crippen molar-refractivity contribution in [1.29, 1.82) is 0 Å². The molecule has 2 heterocycles. The topological polar surface area (TPSA) is 131 Å². The Labute approximate surface area is 124 Å². The third-order valence-electron chi connectivity index (χ3n) is 3.04. The molecule has 21 heavy (non-hydrogen) atoms. The van der Waals surface area contributed by atoms with E-state index in [1.54, 1.807) is 0 Å². The normalized spacial score (nSPS) is 28.4. The second kappa shape index (κ2) is 5.94. The Balaban J connectivity index is 2.16. The summed E-state index contributed by atoms with van der Waals surface area (Å²) in [7, 11) is -3.81. The largest absolute Gasteiger partial charge is 0.390 e. The van der Waals surface area contributed by atoms with E-state index < -0.39 is 38.7 Å². The quantitative estimate of drug-likeness (QED) is 0.614. The van der Waals surface area contributed by atoms with Gasteiger partial charge in [-0.2, -0.15) is 4.21 Å². The van der Waals surface area contributed by atoms with Gasteiger partial charge in [0.15, 0.2) is 0 Å². The third-order valence-corrected chi connectivity index (χ3v) is 3.76. The molecule has 1 aromatic heterocycles. The molecule has 118 valence electrons. The van der Waals surface area contributed by atoms with Gasteiger partial charge in [-0.15, -0.1) is 0 Å². The first-order valence-electron chi connectivity index (χ1n) is 5.95. The van der Waals surface area contributed by atoms with Crippen molar-refractivity contribution in [3.8, 4) is 0 Å². The fourth-order valence-corrected chi connectivity index (χ4v) is 2.46. The first-order valence-corrected chi connectivity index (χ1v) is 8.31. The fraction of sp³-hybridized carbons (Fsp3) is 0.600. The standard InChI is InChI=1S/C10H14N2O7S2/c1-5-3-12(10(15)11-9(5)14)8-2-6(13)7(19-8)4-18-21(16,17)20/h3,6-8,13H,2,4H2,1H3,(H,11,14,15)(H,16,17,20)/t6-,7+,8+/m0/s1. The number of ether oxygens (including phenoxy) is 1. The lowest BCUT2D eigenvalue weighted by Gasteiger charge is -2.16. The number of nitrogens with one attached hydrogen (secondary N) is 1. The van der Waals surface area contributed by atoms with Gasteiger partial charge < -0.3 is 9.84 Å². The second-order valence-electron chi connectivity index (χ2n) is 4.62. The maximum atomic E-state index is 11.7. The number of nitrogens with zero attached hydrogens (tertiary/aromatic N) is 1. The Kier molecular flexibility index (Phi) is 4.60. The lowest BCUT2D eigenvalue weighted by Crippen LogP contribution is -2.33. The van der Waals surface area contributed by atoms with Crippen molar-refractivity contribution in [2.75, 3.05) is 6.61 Å². The van der Waals surface area contributed by atoms with E-state index in [2.05, 4.69) is 20.4 Å². The molecule has 1 aromatic rings. The number of aryl methyl sites for hydroxylation is 1. The van der Waals surface area contributed by atoms with Crippen LogP contribution in [0.25, 0.3) is 0 Å². The van der Waals surface area contributed by atoms with E-state index in [1.165, 1.54) is 13.1 Å². The van der Waals surface area contributed by atoms with Crippen molar-refractivity contribution < 1.29 is 22.8 Å². The zero-order chi connectivity index (χ0) is 15.8. The van der Waals surface area contributed by atoms with Gasteiger partial charge in [0.2, 0.25) is 0 Å². The number of aromatic amines is 1. The Bertz CT molecular complexity index is 739. The van der Waals surface area contributed by atoms with Gasteiger partial charge in [-0.05, 0) is 6.92 Å². The number of hydrogen-bond donors (Lipinski definition) is 3. The van der Waals surface area contributed by atoms with Gasteiger partial charge >= 0.3 is 5.69 Å². The Hall–Kier alpha value is -1.11. The molecule has 0 bridgehead atoms. The minimum absolute atomic E-state index is 0.0729. The highest BCUT2D eigenvalue weighted by atomic mass is 32.9. The summed E-state index contributed by atoms with van der Waals surface area (Å²) in [5, 5.41) is 9.83.